The molecule has 0 radical (unpaired) electrons. The van der Waals surface area contributed by atoms with Crippen molar-refractivity contribution >= 4 is 5.97 Å². The van der Waals surface area contributed by atoms with Crippen LogP contribution in [0.4, 0.5) is 0 Å². The fourth-order valence-electron chi connectivity index (χ4n) is 2.21. The lowest BCUT2D eigenvalue weighted by Crippen LogP contribution is -2.03. The van der Waals surface area contributed by atoms with Crippen LogP contribution >= 0.6 is 0 Å². The largest absolute Gasteiger partial charge is 0.493 e. The molecule has 0 saturated heterocycles. The van der Waals surface area contributed by atoms with Crippen molar-refractivity contribution in [2.24, 2.45) is 0 Å². The summed E-state index contributed by atoms with van der Waals surface area (Å²) in [4.78, 5) is 15.8. The Bertz CT molecular complexity index is 794. The lowest BCUT2D eigenvalue weighted by atomic mass is 10.2. The highest BCUT2D eigenvalue weighted by molar-refractivity contribution is 5.89. The van der Waals surface area contributed by atoms with Crippen LogP contribution in [-0.2, 0) is 11.2 Å². The third kappa shape index (κ3) is 3.81. The number of benzene rings is 2. The normalized spacial score (nSPS) is 10.4. The third-order valence-corrected chi connectivity index (χ3v) is 3.47. The average Bonchev–Trinajstić information content (AvgIpc) is 3.11. The summed E-state index contributed by atoms with van der Waals surface area (Å²) in [5, 5.41) is 0. The van der Waals surface area contributed by atoms with Gasteiger partial charge in [-0.2, -0.15) is 0 Å². The van der Waals surface area contributed by atoms with Crippen molar-refractivity contribution in [3.63, 3.8) is 0 Å². The number of hydrogen-bond acceptors (Lipinski definition) is 5. The summed E-state index contributed by atoms with van der Waals surface area (Å²) in [6, 6.07) is 16.6. The molecule has 0 aliphatic carbocycles. The molecule has 0 atom stereocenters. The molecule has 0 aliphatic heterocycles. The number of oxazole rings is 1. The van der Waals surface area contributed by atoms with Gasteiger partial charge < -0.3 is 13.9 Å². The Balaban J connectivity index is 1.53. The number of ether oxygens (including phenoxy) is 2. The summed E-state index contributed by atoms with van der Waals surface area (Å²) in [6.07, 6.45) is 2.28. The van der Waals surface area contributed by atoms with E-state index in [0.717, 1.165) is 11.3 Å². The smallest absolute Gasteiger partial charge is 0.337 e. The van der Waals surface area contributed by atoms with E-state index in [0.29, 0.717) is 30.2 Å². The molecule has 0 unspecified atom stereocenters. The van der Waals surface area contributed by atoms with Gasteiger partial charge in [0.05, 0.1) is 25.0 Å². The van der Waals surface area contributed by atoms with Crippen LogP contribution in [0.15, 0.2) is 65.3 Å². The molecular formula is C19H17NO4. The van der Waals surface area contributed by atoms with Crippen LogP contribution in [0.25, 0.3) is 11.5 Å². The number of aromatic nitrogens is 1. The molecule has 0 aliphatic rings. The van der Waals surface area contributed by atoms with Crippen LogP contribution in [-0.4, -0.2) is 24.7 Å². The first-order chi connectivity index (χ1) is 11.8. The zero-order valence-corrected chi connectivity index (χ0v) is 13.3. The van der Waals surface area contributed by atoms with E-state index in [-0.39, 0.29) is 5.97 Å². The maximum atomic E-state index is 11.4. The van der Waals surface area contributed by atoms with Crippen molar-refractivity contribution in [2.75, 3.05) is 13.7 Å². The van der Waals surface area contributed by atoms with Gasteiger partial charge in [0.1, 0.15) is 12.0 Å². The molecule has 24 heavy (non-hydrogen) atoms. The molecule has 0 bridgehead atoms. The Morgan fingerprint density at radius 2 is 1.83 bits per heavy atom. The fourth-order valence-corrected chi connectivity index (χ4v) is 2.21. The Hall–Kier alpha value is -3.08. The third-order valence-electron chi connectivity index (χ3n) is 3.47. The minimum atomic E-state index is -0.363. The van der Waals surface area contributed by atoms with Gasteiger partial charge in [-0.05, 0) is 36.4 Å². The summed E-state index contributed by atoms with van der Waals surface area (Å²) in [6.45, 7) is 0.471. The van der Waals surface area contributed by atoms with Gasteiger partial charge in [-0.25, -0.2) is 9.78 Å². The lowest BCUT2D eigenvalue weighted by Gasteiger charge is -2.05. The van der Waals surface area contributed by atoms with Crippen LogP contribution < -0.4 is 4.74 Å². The topological polar surface area (TPSA) is 61.6 Å². The highest BCUT2D eigenvalue weighted by Crippen LogP contribution is 2.18. The maximum Gasteiger partial charge on any atom is 0.337 e. The Morgan fingerprint density at radius 3 is 2.54 bits per heavy atom. The number of nitrogens with zero attached hydrogens (tertiary/aromatic N) is 1. The molecule has 1 heterocycles. The molecule has 0 fully saturated rings. The summed E-state index contributed by atoms with van der Waals surface area (Å²) in [5.74, 6) is 0.931. The number of carbonyl (C=O) groups excluding carboxylic acids is 1. The molecular weight excluding hydrogens is 306 g/mol. The first-order valence-corrected chi connectivity index (χ1v) is 7.57. The zero-order valence-electron chi connectivity index (χ0n) is 13.3. The van der Waals surface area contributed by atoms with Crippen LogP contribution in [0, 0.1) is 0 Å². The second-order valence-corrected chi connectivity index (χ2v) is 5.12. The standard InChI is InChI=1S/C19H17NO4/c1-22-19(21)15-7-9-17(10-8-15)23-12-11-16-13-24-18(20-16)14-5-3-2-4-6-14/h2-10,13H,11-12H2,1H3. The van der Waals surface area contributed by atoms with Gasteiger partial charge in [0.25, 0.3) is 0 Å². The second kappa shape index (κ2) is 7.46. The molecule has 0 saturated carbocycles. The van der Waals surface area contributed by atoms with Crippen molar-refractivity contribution in [1.82, 2.24) is 4.98 Å². The zero-order chi connectivity index (χ0) is 16.8. The van der Waals surface area contributed by atoms with Gasteiger partial charge >= 0.3 is 5.97 Å². The molecule has 5 nitrogen and oxygen atoms in total. The van der Waals surface area contributed by atoms with Crippen LogP contribution in [0.5, 0.6) is 5.75 Å². The van der Waals surface area contributed by atoms with E-state index in [1.165, 1.54) is 7.11 Å². The highest BCUT2D eigenvalue weighted by atomic mass is 16.5. The molecule has 2 aromatic carbocycles. The van der Waals surface area contributed by atoms with Crippen molar-refractivity contribution in [3.8, 4) is 17.2 Å². The summed E-state index contributed by atoms with van der Waals surface area (Å²) in [5.41, 5.74) is 2.27. The van der Waals surface area contributed by atoms with Crippen molar-refractivity contribution in [1.29, 1.82) is 0 Å². The number of rotatable bonds is 6. The van der Waals surface area contributed by atoms with E-state index in [2.05, 4.69) is 9.72 Å². The van der Waals surface area contributed by atoms with Gasteiger partial charge in [0.2, 0.25) is 5.89 Å². The number of carbonyl (C=O) groups is 1. The number of methoxy groups -OCH3 is 1. The first-order valence-electron chi connectivity index (χ1n) is 7.57. The van der Waals surface area contributed by atoms with E-state index in [1.54, 1.807) is 30.5 Å². The monoisotopic (exact) mass is 323 g/mol. The van der Waals surface area contributed by atoms with Gasteiger partial charge in [0.15, 0.2) is 0 Å². The lowest BCUT2D eigenvalue weighted by molar-refractivity contribution is 0.0600. The quantitative estimate of drug-likeness (QED) is 0.647. The van der Waals surface area contributed by atoms with E-state index < -0.39 is 0 Å². The predicted octanol–water partition coefficient (Wildman–Crippen LogP) is 3.75. The van der Waals surface area contributed by atoms with Crippen molar-refractivity contribution in [2.45, 2.75) is 6.42 Å². The average molecular weight is 323 g/mol. The molecule has 3 aromatic rings. The molecule has 0 N–H and O–H groups in total. The van der Waals surface area contributed by atoms with Crippen LogP contribution in [0.1, 0.15) is 16.1 Å². The molecule has 0 amide bonds. The minimum absolute atomic E-state index is 0.363. The molecule has 3 rings (SSSR count). The highest BCUT2D eigenvalue weighted by Gasteiger charge is 2.07. The fraction of sp³-hybridized carbons (Fsp3) is 0.158. The van der Waals surface area contributed by atoms with Gasteiger partial charge in [-0.3, -0.25) is 0 Å². The molecule has 122 valence electrons. The SMILES string of the molecule is COC(=O)c1ccc(OCCc2coc(-c3ccccc3)n2)cc1. The van der Waals surface area contributed by atoms with Crippen LogP contribution in [0.2, 0.25) is 0 Å². The van der Waals surface area contributed by atoms with Gasteiger partial charge in [0, 0.05) is 12.0 Å². The molecule has 1 aromatic heterocycles. The maximum absolute atomic E-state index is 11.4. The number of hydrogen-bond donors (Lipinski definition) is 0. The Labute approximate surface area is 139 Å². The van der Waals surface area contributed by atoms with E-state index in [4.69, 9.17) is 9.15 Å². The minimum Gasteiger partial charge on any atom is -0.493 e. The Kier molecular flexibility index (Phi) is 4.91. The predicted molar refractivity (Wildman–Crippen MR) is 88.9 cm³/mol. The second-order valence-electron chi connectivity index (χ2n) is 5.12. The Morgan fingerprint density at radius 1 is 1.08 bits per heavy atom. The molecule has 5 heteroatoms. The summed E-state index contributed by atoms with van der Waals surface area (Å²) >= 11 is 0. The summed E-state index contributed by atoms with van der Waals surface area (Å²) < 4.78 is 15.8. The van der Waals surface area contributed by atoms with E-state index >= 15 is 0 Å². The van der Waals surface area contributed by atoms with E-state index in [1.807, 2.05) is 30.3 Å². The van der Waals surface area contributed by atoms with Gasteiger partial charge in [-0.15, -0.1) is 0 Å². The summed E-state index contributed by atoms with van der Waals surface area (Å²) in [7, 11) is 1.36. The molecule has 0 spiro atoms. The van der Waals surface area contributed by atoms with Gasteiger partial charge in [-0.1, -0.05) is 18.2 Å². The first kappa shape index (κ1) is 15.8. The van der Waals surface area contributed by atoms with E-state index in [9.17, 15) is 4.79 Å². The number of esters is 1. The van der Waals surface area contributed by atoms with Crippen molar-refractivity contribution in [3.05, 3.63) is 72.1 Å². The van der Waals surface area contributed by atoms with Crippen LogP contribution in [0.3, 0.4) is 0 Å². The van der Waals surface area contributed by atoms with Crippen molar-refractivity contribution < 1.29 is 18.7 Å².